The van der Waals surface area contributed by atoms with Crippen molar-refractivity contribution < 1.29 is 9.53 Å². The largest absolute Gasteiger partial charge is 0.497 e. The van der Waals surface area contributed by atoms with Gasteiger partial charge in [0.1, 0.15) is 16.5 Å². The van der Waals surface area contributed by atoms with Crippen LogP contribution in [0.15, 0.2) is 83.7 Å². The van der Waals surface area contributed by atoms with Crippen LogP contribution in [0.1, 0.15) is 11.1 Å². The molecule has 4 rings (SSSR count). The topological polar surface area (TPSA) is 84.1 Å². The van der Waals surface area contributed by atoms with Gasteiger partial charge >= 0.3 is 0 Å². The number of benzene rings is 3. The van der Waals surface area contributed by atoms with Crippen molar-refractivity contribution in [2.75, 3.05) is 12.4 Å². The third kappa shape index (κ3) is 4.82. The zero-order chi connectivity index (χ0) is 24.1. The lowest BCUT2D eigenvalue weighted by Gasteiger charge is -2.06. The van der Waals surface area contributed by atoms with E-state index in [4.69, 9.17) is 4.74 Å². The lowest BCUT2D eigenvalue weighted by atomic mass is 10.2. The minimum absolute atomic E-state index is 0.141. The first kappa shape index (κ1) is 22.8. The Balaban J connectivity index is 1.94. The first-order valence-electron chi connectivity index (χ1n) is 10.5. The number of aryl methyl sites for hydroxylation is 1. The number of ether oxygens (including phenoxy) is 1. The smallest absolute Gasteiger partial charge is 0.273 e. The van der Waals surface area contributed by atoms with E-state index in [1.54, 1.807) is 43.5 Å². The van der Waals surface area contributed by atoms with Crippen molar-refractivity contribution in [1.29, 1.82) is 5.26 Å². The van der Waals surface area contributed by atoms with Crippen LogP contribution in [0.25, 0.3) is 17.3 Å². The molecule has 0 bridgehead atoms. The van der Waals surface area contributed by atoms with Gasteiger partial charge in [-0.2, -0.15) is 5.26 Å². The lowest BCUT2D eigenvalue weighted by Crippen LogP contribution is -2.32. The van der Waals surface area contributed by atoms with Crippen molar-refractivity contribution in [2.24, 2.45) is 0 Å². The first-order valence-corrected chi connectivity index (χ1v) is 11.3. The SMILES string of the molecule is COc1cccc(/C=c2/s/c(=C(\C#N)C(=O)Nc3cccc(C)c3)n(-c3ccccc3)c2=O)c1. The number of hydrogen-bond acceptors (Lipinski definition) is 5. The number of nitrogens with one attached hydrogen (secondary N) is 1. The molecule has 0 aliphatic rings. The average molecular weight is 468 g/mol. The molecular weight excluding hydrogens is 446 g/mol. The number of hydrogen-bond donors (Lipinski definition) is 1. The molecule has 0 saturated carbocycles. The molecule has 4 aromatic rings. The number of anilines is 1. The Morgan fingerprint density at radius 2 is 1.82 bits per heavy atom. The molecule has 34 heavy (non-hydrogen) atoms. The van der Waals surface area contributed by atoms with Gasteiger partial charge in [0.15, 0.2) is 5.57 Å². The van der Waals surface area contributed by atoms with E-state index < -0.39 is 5.91 Å². The minimum Gasteiger partial charge on any atom is -0.497 e. The zero-order valence-electron chi connectivity index (χ0n) is 18.6. The summed E-state index contributed by atoms with van der Waals surface area (Å²) < 4.78 is 7.33. The molecule has 0 spiro atoms. The van der Waals surface area contributed by atoms with E-state index in [9.17, 15) is 14.9 Å². The Labute approximate surface area is 200 Å². The number of para-hydroxylation sites is 1. The molecule has 1 N–H and O–H groups in total. The van der Waals surface area contributed by atoms with Gasteiger partial charge in [0.25, 0.3) is 11.5 Å². The summed E-state index contributed by atoms with van der Waals surface area (Å²) in [6, 6.07) is 25.6. The second-order valence-electron chi connectivity index (χ2n) is 7.48. The molecular formula is C27H21N3O3S. The Kier molecular flexibility index (Phi) is 6.72. The Morgan fingerprint density at radius 1 is 1.06 bits per heavy atom. The van der Waals surface area contributed by atoms with E-state index in [0.29, 0.717) is 21.7 Å². The third-order valence-corrected chi connectivity index (χ3v) is 6.15. The number of nitriles is 1. The van der Waals surface area contributed by atoms with Crippen molar-refractivity contribution in [3.63, 3.8) is 0 Å². The summed E-state index contributed by atoms with van der Waals surface area (Å²) in [5, 5.41) is 12.7. The Bertz CT molecular complexity index is 1580. The number of amides is 1. The lowest BCUT2D eigenvalue weighted by molar-refractivity contribution is -0.111. The maximum Gasteiger partial charge on any atom is 0.273 e. The number of aromatic nitrogens is 1. The quantitative estimate of drug-likeness (QED) is 0.488. The van der Waals surface area contributed by atoms with E-state index in [0.717, 1.165) is 22.5 Å². The summed E-state index contributed by atoms with van der Waals surface area (Å²) in [5.41, 5.74) is 2.44. The van der Waals surface area contributed by atoms with Crippen molar-refractivity contribution >= 4 is 34.6 Å². The highest BCUT2D eigenvalue weighted by molar-refractivity contribution is 7.07. The van der Waals surface area contributed by atoms with Gasteiger partial charge in [-0.05, 0) is 60.5 Å². The molecule has 6 nitrogen and oxygen atoms in total. The first-order chi connectivity index (χ1) is 16.5. The Hall–Kier alpha value is -4.41. The van der Waals surface area contributed by atoms with Crippen LogP contribution in [0, 0.1) is 18.3 Å². The molecule has 0 aliphatic heterocycles. The predicted molar refractivity (Wildman–Crippen MR) is 135 cm³/mol. The van der Waals surface area contributed by atoms with Crippen LogP contribution >= 0.6 is 11.3 Å². The fourth-order valence-corrected chi connectivity index (χ4v) is 4.56. The van der Waals surface area contributed by atoms with Crippen LogP contribution in [0.3, 0.4) is 0 Å². The fourth-order valence-electron chi connectivity index (χ4n) is 3.46. The van der Waals surface area contributed by atoms with Crippen molar-refractivity contribution in [3.05, 3.63) is 110 Å². The van der Waals surface area contributed by atoms with Gasteiger partial charge in [-0.3, -0.25) is 14.2 Å². The molecule has 1 heterocycles. The number of thiazole rings is 1. The number of nitrogens with zero attached hydrogens (tertiary/aromatic N) is 2. The maximum atomic E-state index is 13.5. The molecule has 7 heteroatoms. The van der Waals surface area contributed by atoms with Gasteiger partial charge in [-0.15, -0.1) is 11.3 Å². The third-order valence-electron chi connectivity index (χ3n) is 5.06. The summed E-state index contributed by atoms with van der Waals surface area (Å²) >= 11 is 1.10. The fraction of sp³-hybridized carbons (Fsp3) is 0.0741. The van der Waals surface area contributed by atoms with E-state index in [1.807, 2.05) is 61.5 Å². The summed E-state index contributed by atoms with van der Waals surface area (Å²) in [6.07, 6.45) is 1.73. The minimum atomic E-state index is -0.577. The van der Waals surface area contributed by atoms with Crippen LogP contribution in [0.5, 0.6) is 5.75 Å². The number of rotatable bonds is 5. The maximum absolute atomic E-state index is 13.5. The van der Waals surface area contributed by atoms with Gasteiger partial charge in [0.2, 0.25) is 0 Å². The standard InChI is InChI=1S/C27H21N3O3S/c1-18-8-6-10-20(14-18)29-25(31)23(17-28)27-30(21-11-4-3-5-12-21)26(32)24(34-27)16-19-9-7-13-22(15-19)33-2/h3-16H,1-2H3,(H,29,31)/b24-16+,27-23+. The van der Waals surface area contributed by atoms with Crippen LogP contribution in [0.4, 0.5) is 5.69 Å². The summed E-state index contributed by atoms with van der Waals surface area (Å²) in [4.78, 5) is 26.5. The van der Waals surface area contributed by atoms with Gasteiger partial charge in [0, 0.05) is 5.69 Å². The van der Waals surface area contributed by atoms with Crippen LogP contribution in [-0.4, -0.2) is 17.6 Å². The zero-order valence-corrected chi connectivity index (χ0v) is 19.4. The van der Waals surface area contributed by atoms with Gasteiger partial charge in [-0.25, -0.2) is 0 Å². The molecule has 0 saturated heterocycles. The van der Waals surface area contributed by atoms with E-state index in [1.165, 1.54) is 4.57 Å². The second kappa shape index (κ2) is 10.0. The van der Waals surface area contributed by atoms with Gasteiger partial charge in [-0.1, -0.05) is 42.5 Å². The number of carbonyl (C=O) groups excluding carboxylic acids is 1. The Morgan fingerprint density at radius 3 is 2.53 bits per heavy atom. The average Bonchev–Trinajstić information content (AvgIpc) is 3.15. The summed E-state index contributed by atoms with van der Waals surface area (Å²) in [5.74, 6) is 0.0858. The molecule has 168 valence electrons. The molecule has 1 aromatic heterocycles. The highest BCUT2D eigenvalue weighted by atomic mass is 32.1. The number of carbonyl (C=O) groups is 1. The van der Waals surface area contributed by atoms with E-state index in [-0.39, 0.29) is 15.8 Å². The molecule has 0 atom stereocenters. The van der Waals surface area contributed by atoms with Gasteiger partial charge < -0.3 is 10.1 Å². The highest BCUT2D eigenvalue weighted by Gasteiger charge is 2.17. The summed E-state index contributed by atoms with van der Waals surface area (Å²) in [7, 11) is 1.58. The normalized spacial score (nSPS) is 12.1. The molecule has 3 aromatic carbocycles. The summed E-state index contributed by atoms with van der Waals surface area (Å²) in [6.45, 7) is 1.91. The molecule has 0 radical (unpaired) electrons. The monoisotopic (exact) mass is 467 g/mol. The van der Waals surface area contributed by atoms with Crippen LogP contribution in [0.2, 0.25) is 0 Å². The molecule has 0 unspecified atom stereocenters. The number of methoxy groups -OCH3 is 1. The predicted octanol–water partition coefficient (Wildman–Crippen LogP) is 3.36. The van der Waals surface area contributed by atoms with Crippen molar-refractivity contribution in [3.8, 4) is 17.5 Å². The molecule has 0 aliphatic carbocycles. The van der Waals surface area contributed by atoms with Gasteiger partial charge in [0.05, 0.1) is 17.3 Å². The van der Waals surface area contributed by atoms with Crippen molar-refractivity contribution in [2.45, 2.75) is 6.92 Å². The van der Waals surface area contributed by atoms with E-state index in [2.05, 4.69) is 5.32 Å². The second-order valence-corrected chi connectivity index (χ2v) is 8.51. The van der Waals surface area contributed by atoms with Crippen LogP contribution < -0.4 is 24.8 Å². The highest BCUT2D eigenvalue weighted by Crippen LogP contribution is 2.14. The molecule has 0 fully saturated rings. The van der Waals surface area contributed by atoms with Crippen molar-refractivity contribution in [1.82, 2.24) is 4.57 Å². The van der Waals surface area contributed by atoms with Crippen LogP contribution in [-0.2, 0) is 4.79 Å². The molecule has 1 amide bonds. The van der Waals surface area contributed by atoms with E-state index >= 15 is 0 Å².